The number of hydrogen-bond acceptors (Lipinski definition) is 7. The third kappa shape index (κ3) is 4.70. The highest BCUT2D eigenvalue weighted by molar-refractivity contribution is 6.40. The zero-order chi connectivity index (χ0) is 20.8. The largest absolute Gasteiger partial charge is 0.497 e. The van der Waals surface area contributed by atoms with Gasteiger partial charge in [0.25, 0.3) is 5.91 Å². The van der Waals surface area contributed by atoms with Crippen molar-refractivity contribution in [2.24, 2.45) is 5.10 Å². The molecule has 28 heavy (non-hydrogen) atoms. The van der Waals surface area contributed by atoms with Crippen molar-refractivity contribution < 1.29 is 19.1 Å². The smallest absolute Gasteiger partial charge is 0.341 e. The molecule has 1 aromatic rings. The number of nitrogens with zero attached hydrogens (tertiary/aromatic N) is 4. The number of hydrogen-bond donors (Lipinski definition) is 0. The van der Waals surface area contributed by atoms with E-state index in [1.165, 1.54) is 5.01 Å². The van der Waals surface area contributed by atoms with Crippen LogP contribution in [0.5, 0.6) is 5.75 Å². The summed E-state index contributed by atoms with van der Waals surface area (Å²) in [6.07, 6.45) is 3.25. The van der Waals surface area contributed by atoms with Gasteiger partial charge in [-0.15, -0.1) is 0 Å². The second kappa shape index (κ2) is 9.07. The Balaban J connectivity index is 2.57. The van der Waals surface area contributed by atoms with Crippen LogP contribution in [-0.2, 0) is 14.3 Å². The van der Waals surface area contributed by atoms with E-state index in [1.807, 2.05) is 0 Å². The Kier molecular flexibility index (Phi) is 6.81. The highest BCUT2D eigenvalue weighted by Crippen LogP contribution is 2.28. The predicted molar refractivity (Wildman–Crippen MR) is 108 cm³/mol. The minimum absolute atomic E-state index is 0.212. The lowest BCUT2D eigenvalue weighted by molar-refractivity contribution is -0.137. The number of benzene rings is 1. The van der Waals surface area contributed by atoms with Gasteiger partial charge in [-0.2, -0.15) is 10.1 Å². The SMILES string of the molecule is CCOC(=O)/C(=C\N(C)C)C1=NN(c2ccc(OC)cc2)C(=O)/C1=C\N(C)C. The van der Waals surface area contributed by atoms with E-state index in [0.29, 0.717) is 17.0 Å². The molecule has 0 aromatic heterocycles. The van der Waals surface area contributed by atoms with Gasteiger partial charge in [0.15, 0.2) is 0 Å². The van der Waals surface area contributed by atoms with E-state index in [1.54, 1.807) is 88.7 Å². The molecule has 2 rings (SSSR count). The van der Waals surface area contributed by atoms with Crippen LogP contribution in [0, 0.1) is 0 Å². The lowest BCUT2D eigenvalue weighted by Crippen LogP contribution is -2.24. The van der Waals surface area contributed by atoms with Crippen LogP contribution >= 0.6 is 0 Å². The Labute approximate surface area is 165 Å². The van der Waals surface area contributed by atoms with Crippen molar-refractivity contribution in [3.05, 3.63) is 47.8 Å². The van der Waals surface area contributed by atoms with E-state index in [9.17, 15) is 9.59 Å². The second-order valence-electron chi connectivity index (χ2n) is 6.50. The number of amides is 1. The van der Waals surface area contributed by atoms with Crippen LogP contribution in [0.4, 0.5) is 5.69 Å². The van der Waals surface area contributed by atoms with E-state index < -0.39 is 5.97 Å². The number of ether oxygens (including phenoxy) is 2. The van der Waals surface area contributed by atoms with Gasteiger partial charge in [-0.1, -0.05) is 0 Å². The molecule has 0 N–H and O–H groups in total. The van der Waals surface area contributed by atoms with Crippen LogP contribution in [-0.4, -0.2) is 69.3 Å². The van der Waals surface area contributed by atoms with E-state index in [-0.39, 0.29) is 23.8 Å². The maximum Gasteiger partial charge on any atom is 0.341 e. The first-order valence-corrected chi connectivity index (χ1v) is 8.80. The summed E-state index contributed by atoms with van der Waals surface area (Å²) in [5.74, 6) is -0.199. The maximum atomic E-state index is 13.1. The van der Waals surface area contributed by atoms with Crippen molar-refractivity contribution in [3.63, 3.8) is 0 Å². The van der Waals surface area contributed by atoms with Gasteiger partial charge in [0.1, 0.15) is 17.0 Å². The summed E-state index contributed by atoms with van der Waals surface area (Å²) < 4.78 is 10.3. The summed E-state index contributed by atoms with van der Waals surface area (Å²) >= 11 is 0. The fourth-order valence-corrected chi connectivity index (χ4v) is 2.56. The average Bonchev–Trinajstić information content (AvgIpc) is 2.95. The first-order chi connectivity index (χ1) is 13.3. The third-order valence-electron chi connectivity index (χ3n) is 3.72. The molecule has 0 radical (unpaired) electrons. The van der Waals surface area contributed by atoms with Gasteiger partial charge < -0.3 is 19.3 Å². The zero-order valence-electron chi connectivity index (χ0n) is 17.1. The van der Waals surface area contributed by atoms with Crippen LogP contribution in [0.25, 0.3) is 0 Å². The lowest BCUT2D eigenvalue weighted by Gasteiger charge is -2.13. The molecule has 0 spiro atoms. The zero-order valence-corrected chi connectivity index (χ0v) is 17.1. The highest BCUT2D eigenvalue weighted by atomic mass is 16.5. The molecule has 0 bridgehead atoms. The van der Waals surface area contributed by atoms with Gasteiger partial charge in [0.05, 0.1) is 25.0 Å². The fourth-order valence-electron chi connectivity index (χ4n) is 2.56. The molecule has 1 amide bonds. The number of carbonyl (C=O) groups excluding carboxylic acids is 2. The molecule has 1 aromatic carbocycles. The summed E-state index contributed by atoms with van der Waals surface area (Å²) in [4.78, 5) is 29.1. The van der Waals surface area contributed by atoms with E-state index in [4.69, 9.17) is 9.47 Å². The maximum absolute atomic E-state index is 13.1. The number of hydrazone groups is 1. The monoisotopic (exact) mass is 386 g/mol. The van der Waals surface area contributed by atoms with Crippen molar-refractivity contribution in [2.45, 2.75) is 6.92 Å². The molecule has 0 saturated heterocycles. The molecular weight excluding hydrogens is 360 g/mol. The summed E-state index contributed by atoms with van der Waals surface area (Å²) in [7, 11) is 8.74. The number of carbonyl (C=O) groups is 2. The molecule has 8 heteroatoms. The molecule has 0 fully saturated rings. The van der Waals surface area contributed by atoms with Crippen molar-refractivity contribution in [3.8, 4) is 5.75 Å². The Bertz CT molecular complexity index is 823. The van der Waals surface area contributed by atoms with Crippen LogP contribution in [0.1, 0.15) is 6.92 Å². The van der Waals surface area contributed by atoms with Crippen molar-refractivity contribution in [1.82, 2.24) is 9.80 Å². The Morgan fingerprint density at radius 3 is 2.29 bits per heavy atom. The molecule has 150 valence electrons. The van der Waals surface area contributed by atoms with E-state index in [0.717, 1.165) is 0 Å². The Morgan fingerprint density at radius 2 is 1.79 bits per heavy atom. The van der Waals surface area contributed by atoms with Gasteiger partial charge in [0, 0.05) is 40.6 Å². The summed E-state index contributed by atoms with van der Waals surface area (Å²) in [5.41, 5.74) is 1.35. The molecular formula is C20H26N4O4. The standard InChI is InChI=1S/C20H26N4O4/c1-7-28-20(26)17(13-23(4)5)18-16(12-22(2)3)19(25)24(21-18)14-8-10-15(27-6)11-9-14/h8-13H,7H2,1-6H3/b16-12-,17-13-. The fraction of sp³-hybridized carbons (Fsp3) is 0.350. The Hall–Kier alpha value is -3.29. The van der Waals surface area contributed by atoms with Crippen LogP contribution < -0.4 is 9.75 Å². The van der Waals surface area contributed by atoms with Gasteiger partial charge in [-0.3, -0.25) is 4.79 Å². The Morgan fingerprint density at radius 1 is 1.14 bits per heavy atom. The summed E-state index contributed by atoms with van der Waals surface area (Å²) in [5, 5.41) is 5.73. The molecule has 1 aliphatic heterocycles. The molecule has 1 heterocycles. The van der Waals surface area contributed by atoms with Gasteiger partial charge in [0.2, 0.25) is 0 Å². The average molecular weight is 386 g/mol. The molecule has 8 nitrogen and oxygen atoms in total. The highest BCUT2D eigenvalue weighted by Gasteiger charge is 2.36. The number of methoxy groups -OCH3 is 1. The van der Waals surface area contributed by atoms with E-state index in [2.05, 4.69) is 5.10 Å². The number of esters is 1. The molecule has 0 atom stereocenters. The van der Waals surface area contributed by atoms with Gasteiger partial charge in [-0.25, -0.2) is 4.79 Å². The second-order valence-corrected chi connectivity index (χ2v) is 6.50. The van der Waals surface area contributed by atoms with Crippen LogP contribution in [0.15, 0.2) is 52.9 Å². The van der Waals surface area contributed by atoms with E-state index >= 15 is 0 Å². The van der Waals surface area contributed by atoms with Crippen molar-refractivity contribution in [1.29, 1.82) is 0 Å². The molecule has 0 unspecified atom stereocenters. The molecule has 0 saturated carbocycles. The topological polar surface area (TPSA) is 74.7 Å². The molecule has 1 aliphatic rings. The number of anilines is 1. The molecule has 0 aliphatic carbocycles. The van der Waals surface area contributed by atoms with Gasteiger partial charge >= 0.3 is 5.97 Å². The lowest BCUT2D eigenvalue weighted by atomic mass is 10.0. The quantitative estimate of drug-likeness (QED) is 0.526. The minimum Gasteiger partial charge on any atom is -0.497 e. The van der Waals surface area contributed by atoms with Crippen LogP contribution in [0.3, 0.4) is 0 Å². The minimum atomic E-state index is -0.538. The summed E-state index contributed by atoms with van der Waals surface area (Å²) in [6.45, 7) is 1.95. The van der Waals surface area contributed by atoms with Crippen molar-refractivity contribution in [2.75, 3.05) is 46.9 Å². The first kappa shape index (κ1) is 21.0. The van der Waals surface area contributed by atoms with Crippen LogP contribution in [0.2, 0.25) is 0 Å². The first-order valence-electron chi connectivity index (χ1n) is 8.80. The predicted octanol–water partition coefficient (Wildman–Crippen LogP) is 1.85. The summed E-state index contributed by atoms with van der Waals surface area (Å²) in [6, 6.07) is 6.95. The normalized spacial score (nSPS) is 15.6. The number of rotatable bonds is 7. The third-order valence-corrected chi connectivity index (χ3v) is 3.72. The van der Waals surface area contributed by atoms with Gasteiger partial charge in [-0.05, 0) is 31.2 Å². The van der Waals surface area contributed by atoms with Crippen molar-refractivity contribution >= 4 is 23.3 Å².